The van der Waals surface area contributed by atoms with Crippen molar-refractivity contribution in [3.05, 3.63) is 65.2 Å². The van der Waals surface area contributed by atoms with Crippen LogP contribution in [0.4, 0.5) is 5.69 Å². The number of carbonyl (C=O) groups is 1. The number of nitrogens with one attached hydrogen (secondary N) is 1. The second-order valence-corrected chi connectivity index (χ2v) is 5.59. The van der Waals surface area contributed by atoms with Crippen molar-refractivity contribution in [3.63, 3.8) is 0 Å². The largest absolute Gasteiger partial charge is 0.370 e. The molecule has 0 saturated carbocycles. The minimum atomic E-state index is -0.0133. The van der Waals surface area contributed by atoms with Gasteiger partial charge >= 0.3 is 0 Å². The van der Waals surface area contributed by atoms with E-state index in [9.17, 15) is 4.79 Å². The van der Waals surface area contributed by atoms with E-state index in [-0.39, 0.29) is 29.9 Å². The molecular formula is C18H23IN4O. The van der Waals surface area contributed by atoms with Crippen LogP contribution in [0.3, 0.4) is 0 Å². The molecule has 24 heavy (non-hydrogen) atoms. The van der Waals surface area contributed by atoms with Gasteiger partial charge in [0.15, 0.2) is 5.96 Å². The molecule has 0 aliphatic rings. The summed E-state index contributed by atoms with van der Waals surface area (Å²) in [4.78, 5) is 17.7. The van der Waals surface area contributed by atoms with Crippen LogP contribution in [0.2, 0.25) is 0 Å². The van der Waals surface area contributed by atoms with Crippen LogP contribution < -0.4 is 11.1 Å². The summed E-state index contributed by atoms with van der Waals surface area (Å²) < 4.78 is 0. The fraction of sp³-hybridized carbons (Fsp3) is 0.222. The number of carbonyl (C=O) groups excluding carboxylic acids is 1. The SMILES string of the molecule is Cc1ccc(NC(N)=NCc2ccc(C(=O)N(C)C)cc2)cc1.I. The molecule has 0 heterocycles. The van der Waals surface area contributed by atoms with Gasteiger partial charge in [0, 0.05) is 25.3 Å². The molecule has 0 aliphatic heterocycles. The lowest BCUT2D eigenvalue weighted by atomic mass is 10.1. The summed E-state index contributed by atoms with van der Waals surface area (Å²) in [6, 6.07) is 15.3. The summed E-state index contributed by atoms with van der Waals surface area (Å²) >= 11 is 0. The van der Waals surface area contributed by atoms with Gasteiger partial charge < -0.3 is 16.0 Å². The average Bonchev–Trinajstić information content (AvgIpc) is 2.55. The number of anilines is 1. The third kappa shape index (κ3) is 5.84. The molecule has 0 saturated heterocycles. The van der Waals surface area contributed by atoms with E-state index in [1.54, 1.807) is 31.1 Å². The number of guanidine groups is 1. The summed E-state index contributed by atoms with van der Waals surface area (Å²) in [6.07, 6.45) is 0. The first kappa shape index (κ1) is 20.0. The molecule has 2 aromatic carbocycles. The Balaban J connectivity index is 0.00000288. The third-order valence-corrected chi connectivity index (χ3v) is 3.36. The Kier molecular flexibility index (Phi) is 7.70. The first-order chi connectivity index (χ1) is 11.0. The molecule has 0 bridgehead atoms. The van der Waals surface area contributed by atoms with Crippen LogP contribution in [0.5, 0.6) is 0 Å². The number of aliphatic imine (C=N–C) groups is 1. The molecule has 128 valence electrons. The molecule has 0 aromatic heterocycles. The third-order valence-electron chi connectivity index (χ3n) is 3.36. The van der Waals surface area contributed by atoms with Crippen molar-refractivity contribution in [3.8, 4) is 0 Å². The minimum Gasteiger partial charge on any atom is -0.370 e. The Labute approximate surface area is 160 Å². The van der Waals surface area contributed by atoms with Gasteiger partial charge in [-0.1, -0.05) is 29.8 Å². The maximum Gasteiger partial charge on any atom is 0.253 e. The predicted octanol–water partition coefficient (Wildman–Crippen LogP) is 3.24. The van der Waals surface area contributed by atoms with Gasteiger partial charge in [0.25, 0.3) is 5.91 Å². The zero-order valence-electron chi connectivity index (χ0n) is 14.1. The molecular weight excluding hydrogens is 415 g/mol. The van der Waals surface area contributed by atoms with Crippen LogP contribution in [0.15, 0.2) is 53.5 Å². The number of rotatable bonds is 4. The molecule has 2 rings (SSSR count). The van der Waals surface area contributed by atoms with Gasteiger partial charge in [0.1, 0.15) is 0 Å². The highest BCUT2D eigenvalue weighted by atomic mass is 127. The standard InChI is InChI=1S/C18H22N4O.HI/c1-13-4-10-16(11-5-13)21-18(19)20-12-14-6-8-15(9-7-14)17(23)22(2)3;/h4-11H,12H2,1-3H3,(H3,19,20,21);1H. The minimum absolute atomic E-state index is 0. The summed E-state index contributed by atoms with van der Waals surface area (Å²) in [5.74, 6) is 0.350. The van der Waals surface area contributed by atoms with E-state index in [1.165, 1.54) is 5.56 Å². The van der Waals surface area contributed by atoms with Gasteiger partial charge in [-0.15, -0.1) is 24.0 Å². The average molecular weight is 438 g/mol. The van der Waals surface area contributed by atoms with Crippen LogP contribution >= 0.6 is 24.0 Å². The molecule has 0 radical (unpaired) electrons. The van der Waals surface area contributed by atoms with Crippen molar-refractivity contribution >= 4 is 41.5 Å². The fourth-order valence-corrected chi connectivity index (χ4v) is 2.01. The summed E-state index contributed by atoms with van der Waals surface area (Å²) in [5.41, 5.74) is 9.64. The van der Waals surface area contributed by atoms with E-state index in [1.807, 2.05) is 43.3 Å². The van der Waals surface area contributed by atoms with Crippen molar-refractivity contribution in [1.82, 2.24) is 4.90 Å². The smallest absolute Gasteiger partial charge is 0.253 e. The Hall–Kier alpha value is -2.09. The van der Waals surface area contributed by atoms with E-state index >= 15 is 0 Å². The van der Waals surface area contributed by atoms with Gasteiger partial charge in [0.05, 0.1) is 6.54 Å². The number of hydrogen-bond donors (Lipinski definition) is 2. The zero-order chi connectivity index (χ0) is 16.8. The summed E-state index contributed by atoms with van der Waals surface area (Å²) in [7, 11) is 3.47. The fourth-order valence-electron chi connectivity index (χ4n) is 2.01. The normalized spacial score (nSPS) is 10.7. The van der Waals surface area contributed by atoms with E-state index in [2.05, 4.69) is 10.3 Å². The molecule has 0 atom stereocenters. The molecule has 0 spiro atoms. The van der Waals surface area contributed by atoms with Gasteiger partial charge in [-0.25, -0.2) is 4.99 Å². The molecule has 6 heteroatoms. The van der Waals surface area contributed by atoms with E-state index in [0.29, 0.717) is 18.1 Å². The van der Waals surface area contributed by atoms with Crippen molar-refractivity contribution in [2.24, 2.45) is 10.7 Å². The second kappa shape index (κ2) is 9.27. The van der Waals surface area contributed by atoms with Gasteiger partial charge in [0.2, 0.25) is 0 Å². The molecule has 5 nitrogen and oxygen atoms in total. The maximum absolute atomic E-state index is 11.8. The van der Waals surface area contributed by atoms with Gasteiger partial charge in [-0.3, -0.25) is 4.79 Å². The number of halogens is 1. The highest BCUT2D eigenvalue weighted by molar-refractivity contribution is 14.0. The Morgan fingerprint density at radius 2 is 1.67 bits per heavy atom. The first-order valence-electron chi connectivity index (χ1n) is 7.40. The molecule has 0 aliphatic carbocycles. The second-order valence-electron chi connectivity index (χ2n) is 5.59. The Morgan fingerprint density at radius 3 is 2.21 bits per heavy atom. The summed E-state index contributed by atoms with van der Waals surface area (Å²) in [5, 5.41) is 3.05. The number of nitrogens with zero attached hydrogens (tertiary/aromatic N) is 2. The molecule has 0 unspecified atom stereocenters. The van der Waals surface area contributed by atoms with Crippen LogP contribution in [-0.2, 0) is 6.54 Å². The number of nitrogens with two attached hydrogens (primary N) is 1. The molecule has 2 aromatic rings. The van der Waals surface area contributed by atoms with Crippen molar-refractivity contribution < 1.29 is 4.79 Å². The van der Waals surface area contributed by atoms with Gasteiger partial charge in [-0.05, 0) is 36.8 Å². The lowest BCUT2D eigenvalue weighted by Gasteiger charge is -2.10. The van der Waals surface area contributed by atoms with Crippen molar-refractivity contribution in [2.75, 3.05) is 19.4 Å². The van der Waals surface area contributed by atoms with Gasteiger partial charge in [-0.2, -0.15) is 0 Å². The van der Waals surface area contributed by atoms with Crippen molar-refractivity contribution in [1.29, 1.82) is 0 Å². The van der Waals surface area contributed by atoms with Crippen LogP contribution in [-0.4, -0.2) is 30.9 Å². The van der Waals surface area contributed by atoms with E-state index < -0.39 is 0 Å². The first-order valence-corrected chi connectivity index (χ1v) is 7.40. The Bertz CT molecular complexity index is 694. The zero-order valence-corrected chi connectivity index (χ0v) is 16.4. The molecule has 1 amide bonds. The summed E-state index contributed by atoms with van der Waals surface area (Å²) in [6.45, 7) is 2.49. The highest BCUT2D eigenvalue weighted by Crippen LogP contribution is 2.09. The van der Waals surface area contributed by atoms with E-state index in [4.69, 9.17) is 5.73 Å². The monoisotopic (exact) mass is 438 g/mol. The highest BCUT2D eigenvalue weighted by Gasteiger charge is 2.06. The maximum atomic E-state index is 11.8. The molecule has 3 N–H and O–H groups in total. The quantitative estimate of drug-likeness (QED) is 0.438. The van der Waals surface area contributed by atoms with Crippen LogP contribution in [0.1, 0.15) is 21.5 Å². The van der Waals surface area contributed by atoms with Crippen molar-refractivity contribution in [2.45, 2.75) is 13.5 Å². The van der Waals surface area contributed by atoms with Crippen LogP contribution in [0.25, 0.3) is 0 Å². The predicted molar refractivity (Wildman–Crippen MR) is 110 cm³/mol. The number of benzene rings is 2. The topological polar surface area (TPSA) is 70.7 Å². The lowest BCUT2D eigenvalue weighted by molar-refractivity contribution is 0.0827. The van der Waals surface area contributed by atoms with E-state index in [0.717, 1.165) is 11.3 Å². The number of hydrogen-bond acceptors (Lipinski definition) is 2. The van der Waals surface area contributed by atoms with Crippen LogP contribution in [0, 0.1) is 6.92 Å². The Morgan fingerprint density at radius 1 is 1.08 bits per heavy atom. The molecule has 0 fully saturated rings. The number of amides is 1. The number of aryl methyl sites for hydroxylation is 1. The lowest BCUT2D eigenvalue weighted by Crippen LogP contribution is -2.22.